The minimum absolute atomic E-state index is 0.204. The second-order valence-electron chi connectivity index (χ2n) is 4.65. The van der Waals surface area contributed by atoms with Crippen LogP contribution >= 0.6 is 0 Å². The van der Waals surface area contributed by atoms with Crippen LogP contribution in [0.2, 0.25) is 0 Å². The van der Waals surface area contributed by atoms with Gasteiger partial charge in [-0.05, 0) is 23.8 Å². The van der Waals surface area contributed by atoms with Gasteiger partial charge in [-0.15, -0.1) is 0 Å². The predicted octanol–water partition coefficient (Wildman–Crippen LogP) is 1.23. The normalized spacial score (nSPS) is 17.2. The van der Waals surface area contributed by atoms with Crippen molar-refractivity contribution >= 4 is 11.0 Å². The number of aromatic nitrogens is 3. The van der Waals surface area contributed by atoms with Gasteiger partial charge >= 0.3 is 0 Å². The summed E-state index contributed by atoms with van der Waals surface area (Å²) in [4.78, 5) is 16.6. The molecule has 19 heavy (non-hydrogen) atoms. The molecule has 1 aliphatic rings. The van der Waals surface area contributed by atoms with Crippen LogP contribution in [0.4, 0.5) is 0 Å². The fourth-order valence-corrected chi connectivity index (χ4v) is 2.72. The number of aliphatic hydroxyl groups is 1. The zero-order valence-electron chi connectivity index (χ0n) is 10.0. The topological polar surface area (TPSA) is 60.0 Å². The van der Waals surface area contributed by atoms with Crippen LogP contribution in [0, 0.1) is 0 Å². The van der Waals surface area contributed by atoms with Gasteiger partial charge < -0.3 is 5.11 Å². The maximum absolute atomic E-state index is 12.3. The molecule has 1 N–H and O–H groups in total. The van der Waals surface area contributed by atoms with Crippen LogP contribution in [0.15, 0.2) is 47.4 Å². The number of aliphatic hydroxyl groups excluding tert-OH is 1. The second-order valence-corrected chi connectivity index (χ2v) is 4.65. The van der Waals surface area contributed by atoms with E-state index in [0.717, 1.165) is 11.3 Å². The minimum atomic E-state index is -0.850. The number of pyridine rings is 1. The Bertz CT molecular complexity index is 847. The molecule has 3 heterocycles. The highest BCUT2D eigenvalue weighted by molar-refractivity contribution is 5.76. The first kappa shape index (κ1) is 10.5. The molecule has 1 atom stereocenters. The molecule has 0 radical (unpaired) electrons. The first-order valence-electron chi connectivity index (χ1n) is 6.12. The van der Waals surface area contributed by atoms with Crippen molar-refractivity contribution in [1.82, 2.24) is 14.3 Å². The van der Waals surface area contributed by atoms with Crippen LogP contribution in [0.25, 0.3) is 16.7 Å². The summed E-state index contributed by atoms with van der Waals surface area (Å²) in [5.74, 6) is 0. The fourth-order valence-electron chi connectivity index (χ4n) is 2.72. The summed E-state index contributed by atoms with van der Waals surface area (Å²) in [7, 11) is 0. The zero-order valence-corrected chi connectivity index (χ0v) is 10.0. The Balaban J connectivity index is 2.23. The molecule has 5 nitrogen and oxygen atoms in total. The molecule has 1 aliphatic heterocycles. The van der Waals surface area contributed by atoms with Gasteiger partial charge in [-0.2, -0.15) is 0 Å². The number of benzene rings is 1. The highest BCUT2D eigenvalue weighted by Gasteiger charge is 2.26. The molecule has 0 amide bonds. The number of hydrogen-bond acceptors (Lipinski definition) is 3. The summed E-state index contributed by atoms with van der Waals surface area (Å²) in [6.45, 7) is 0. The van der Waals surface area contributed by atoms with Gasteiger partial charge in [0, 0.05) is 12.6 Å². The van der Waals surface area contributed by atoms with Crippen LogP contribution in [-0.2, 0) is 6.42 Å². The first-order chi connectivity index (χ1) is 9.27. The van der Waals surface area contributed by atoms with Gasteiger partial charge in [0.25, 0.3) is 5.56 Å². The molecule has 0 saturated heterocycles. The number of fused-ring (bicyclic) bond motifs is 5. The van der Waals surface area contributed by atoms with Crippen molar-refractivity contribution in [3.63, 3.8) is 0 Å². The van der Waals surface area contributed by atoms with E-state index in [9.17, 15) is 9.90 Å². The Morgan fingerprint density at radius 3 is 2.95 bits per heavy atom. The van der Waals surface area contributed by atoms with E-state index in [-0.39, 0.29) is 5.56 Å². The van der Waals surface area contributed by atoms with Crippen molar-refractivity contribution in [3.05, 3.63) is 58.5 Å². The monoisotopic (exact) mass is 253 g/mol. The lowest BCUT2D eigenvalue weighted by Crippen LogP contribution is -2.32. The number of nitrogens with zero attached hydrogens (tertiary/aromatic N) is 3. The lowest BCUT2D eigenvalue weighted by atomic mass is 10.1. The average Bonchev–Trinajstić information content (AvgIpc) is 2.74. The molecule has 0 saturated carbocycles. The van der Waals surface area contributed by atoms with Gasteiger partial charge in [0.2, 0.25) is 0 Å². The third-order valence-electron chi connectivity index (χ3n) is 3.55. The minimum Gasteiger partial charge on any atom is -0.371 e. The Kier molecular flexibility index (Phi) is 1.97. The SMILES string of the molecule is O=c1c2cccnc2n2n1C(O)Cc1ccccc1-2. The smallest absolute Gasteiger partial charge is 0.279 e. The lowest BCUT2D eigenvalue weighted by molar-refractivity contribution is 0.0747. The van der Waals surface area contributed by atoms with Crippen molar-refractivity contribution in [2.24, 2.45) is 0 Å². The zero-order chi connectivity index (χ0) is 13.0. The molecule has 5 heteroatoms. The van der Waals surface area contributed by atoms with Crippen molar-refractivity contribution < 1.29 is 5.11 Å². The Labute approximate surface area is 108 Å². The summed E-state index contributed by atoms with van der Waals surface area (Å²) in [5.41, 5.74) is 2.29. The van der Waals surface area contributed by atoms with Gasteiger partial charge in [0.1, 0.15) is 0 Å². The van der Waals surface area contributed by atoms with E-state index in [4.69, 9.17) is 0 Å². The first-order valence-corrected chi connectivity index (χ1v) is 6.12. The van der Waals surface area contributed by atoms with Crippen LogP contribution in [0.1, 0.15) is 11.8 Å². The molecule has 94 valence electrons. The molecular weight excluding hydrogens is 242 g/mol. The van der Waals surface area contributed by atoms with E-state index < -0.39 is 6.23 Å². The molecule has 4 rings (SSSR count). The standard InChI is InChI=1S/C14H11N3O2/c18-12-8-9-4-1-2-6-11(9)16-13-10(5-3-7-15-13)14(19)17(12)16/h1-7,12,18H,8H2. The van der Waals surface area contributed by atoms with Crippen LogP contribution in [0.3, 0.4) is 0 Å². The molecule has 3 aromatic rings. The van der Waals surface area contributed by atoms with Gasteiger partial charge in [-0.1, -0.05) is 18.2 Å². The van der Waals surface area contributed by atoms with Crippen LogP contribution < -0.4 is 5.56 Å². The van der Waals surface area contributed by atoms with Crippen molar-refractivity contribution in [2.45, 2.75) is 12.6 Å². The molecule has 1 aromatic carbocycles. The van der Waals surface area contributed by atoms with E-state index >= 15 is 0 Å². The summed E-state index contributed by atoms with van der Waals surface area (Å²) >= 11 is 0. The van der Waals surface area contributed by atoms with Gasteiger partial charge in [-0.25, -0.2) is 14.3 Å². The van der Waals surface area contributed by atoms with E-state index in [2.05, 4.69) is 4.98 Å². The Hall–Kier alpha value is -2.40. The highest BCUT2D eigenvalue weighted by Crippen LogP contribution is 2.27. The van der Waals surface area contributed by atoms with Gasteiger partial charge in [0.15, 0.2) is 11.9 Å². The summed E-state index contributed by atoms with van der Waals surface area (Å²) in [6.07, 6.45) is 1.24. The molecule has 0 fully saturated rings. The summed E-state index contributed by atoms with van der Waals surface area (Å²) in [5, 5.41) is 10.7. The summed E-state index contributed by atoms with van der Waals surface area (Å²) < 4.78 is 3.08. The third kappa shape index (κ3) is 1.27. The van der Waals surface area contributed by atoms with Gasteiger partial charge in [0.05, 0.1) is 11.1 Å². The van der Waals surface area contributed by atoms with E-state index in [1.807, 2.05) is 24.3 Å². The quantitative estimate of drug-likeness (QED) is 0.655. The summed E-state index contributed by atoms with van der Waals surface area (Å²) in [6, 6.07) is 11.2. The molecular formula is C14H11N3O2. The number of para-hydroxylation sites is 1. The molecule has 0 bridgehead atoms. The maximum Gasteiger partial charge on any atom is 0.279 e. The second kappa shape index (κ2) is 3.55. The average molecular weight is 253 g/mol. The molecule has 0 spiro atoms. The lowest BCUT2D eigenvalue weighted by Gasteiger charge is -2.25. The Morgan fingerprint density at radius 1 is 1.21 bits per heavy atom. The van der Waals surface area contributed by atoms with Crippen molar-refractivity contribution in [2.75, 3.05) is 0 Å². The van der Waals surface area contributed by atoms with Crippen LogP contribution in [0.5, 0.6) is 0 Å². The molecule has 2 aromatic heterocycles. The predicted molar refractivity (Wildman–Crippen MR) is 70.3 cm³/mol. The van der Waals surface area contributed by atoms with Crippen molar-refractivity contribution in [3.8, 4) is 5.69 Å². The largest absolute Gasteiger partial charge is 0.371 e. The number of hydrogen-bond donors (Lipinski definition) is 1. The van der Waals surface area contributed by atoms with E-state index in [0.29, 0.717) is 17.5 Å². The highest BCUT2D eigenvalue weighted by atomic mass is 16.3. The van der Waals surface area contributed by atoms with E-state index in [1.54, 1.807) is 23.0 Å². The van der Waals surface area contributed by atoms with E-state index in [1.165, 1.54) is 4.68 Å². The molecule has 1 unspecified atom stereocenters. The number of rotatable bonds is 0. The third-order valence-corrected chi connectivity index (χ3v) is 3.55. The Morgan fingerprint density at radius 2 is 2.05 bits per heavy atom. The fraction of sp³-hybridized carbons (Fsp3) is 0.143. The van der Waals surface area contributed by atoms with Crippen LogP contribution in [-0.4, -0.2) is 19.5 Å². The van der Waals surface area contributed by atoms with Gasteiger partial charge in [-0.3, -0.25) is 4.79 Å². The maximum atomic E-state index is 12.3. The van der Waals surface area contributed by atoms with Crippen molar-refractivity contribution in [1.29, 1.82) is 0 Å². The molecule has 0 aliphatic carbocycles.